The summed E-state index contributed by atoms with van der Waals surface area (Å²) in [4.78, 5) is 13.9. The van der Waals surface area contributed by atoms with E-state index < -0.39 is 0 Å². The van der Waals surface area contributed by atoms with E-state index in [4.69, 9.17) is 21.1 Å². The van der Waals surface area contributed by atoms with Crippen LogP contribution in [0.4, 0.5) is 5.00 Å². The smallest absolute Gasteiger partial charge is 0.225 e. The van der Waals surface area contributed by atoms with Crippen LogP contribution in [0.15, 0.2) is 42.5 Å². The Labute approximate surface area is 191 Å². The van der Waals surface area contributed by atoms with Gasteiger partial charge in [0.15, 0.2) is 11.5 Å². The maximum Gasteiger partial charge on any atom is 0.225 e. The standard InChI is InChI=1S/C25H24ClNO3S/c1-29-21-12-16(8-11-20(21)30-14-15-6-9-17(26)10-7-15)19-13-23(28)27-25-24(19)18-4-2-3-5-22(18)31-25/h6-12,19H,2-5,13-14H2,1H3,(H,27,28)/t19-/m0/s1. The van der Waals surface area contributed by atoms with Crippen LogP contribution in [0.2, 0.25) is 5.02 Å². The topological polar surface area (TPSA) is 47.6 Å². The Kier molecular flexibility index (Phi) is 5.63. The number of thiophene rings is 1. The monoisotopic (exact) mass is 453 g/mol. The van der Waals surface area contributed by atoms with Gasteiger partial charge in [-0.25, -0.2) is 0 Å². The number of aryl methyl sites for hydroxylation is 1. The van der Waals surface area contributed by atoms with Gasteiger partial charge in [-0.2, -0.15) is 0 Å². The number of carbonyl (C=O) groups excluding carboxylic acids is 1. The van der Waals surface area contributed by atoms with Crippen LogP contribution in [0.5, 0.6) is 11.5 Å². The number of amides is 1. The van der Waals surface area contributed by atoms with Crippen LogP contribution in [-0.4, -0.2) is 13.0 Å². The Hall–Kier alpha value is -2.50. The first-order chi connectivity index (χ1) is 15.1. The van der Waals surface area contributed by atoms with Gasteiger partial charge in [0.25, 0.3) is 0 Å². The fourth-order valence-corrected chi connectivity index (χ4v) is 6.06. The molecule has 160 valence electrons. The first-order valence-electron chi connectivity index (χ1n) is 10.6. The van der Waals surface area contributed by atoms with Crippen molar-refractivity contribution in [1.29, 1.82) is 0 Å². The van der Waals surface area contributed by atoms with Crippen LogP contribution in [0, 0.1) is 0 Å². The van der Waals surface area contributed by atoms with Crippen molar-refractivity contribution in [2.75, 3.05) is 12.4 Å². The predicted molar refractivity (Wildman–Crippen MR) is 125 cm³/mol. The first kappa shape index (κ1) is 20.4. The van der Waals surface area contributed by atoms with Crippen molar-refractivity contribution in [3.63, 3.8) is 0 Å². The van der Waals surface area contributed by atoms with Crippen molar-refractivity contribution >= 4 is 33.8 Å². The van der Waals surface area contributed by atoms with E-state index in [2.05, 4.69) is 11.4 Å². The molecule has 0 fully saturated rings. The van der Waals surface area contributed by atoms with Crippen LogP contribution in [0.25, 0.3) is 0 Å². The number of nitrogens with one attached hydrogen (secondary N) is 1. The Morgan fingerprint density at radius 3 is 2.71 bits per heavy atom. The zero-order valence-corrected chi connectivity index (χ0v) is 18.9. The van der Waals surface area contributed by atoms with E-state index in [1.165, 1.54) is 28.8 Å². The third kappa shape index (κ3) is 4.04. The molecule has 0 spiro atoms. The van der Waals surface area contributed by atoms with E-state index in [1.807, 2.05) is 36.4 Å². The minimum Gasteiger partial charge on any atom is -0.493 e. The molecule has 0 radical (unpaired) electrons. The molecule has 2 aliphatic rings. The number of hydrogen-bond acceptors (Lipinski definition) is 4. The molecule has 1 aliphatic heterocycles. The van der Waals surface area contributed by atoms with Gasteiger partial charge in [0.2, 0.25) is 5.91 Å². The molecule has 2 aromatic carbocycles. The maximum atomic E-state index is 12.5. The molecular weight excluding hydrogens is 430 g/mol. The second-order valence-electron chi connectivity index (χ2n) is 8.08. The average molecular weight is 454 g/mol. The van der Waals surface area contributed by atoms with Crippen LogP contribution < -0.4 is 14.8 Å². The van der Waals surface area contributed by atoms with E-state index in [1.54, 1.807) is 18.4 Å². The van der Waals surface area contributed by atoms with Crippen molar-refractivity contribution in [1.82, 2.24) is 0 Å². The lowest BCUT2D eigenvalue weighted by molar-refractivity contribution is -0.116. The summed E-state index contributed by atoms with van der Waals surface area (Å²) < 4.78 is 11.7. The number of methoxy groups -OCH3 is 1. The van der Waals surface area contributed by atoms with Gasteiger partial charge in [-0.05, 0) is 72.2 Å². The summed E-state index contributed by atoms with van der Waals surface area (Å²) in [5.74, 6) is 1.51. The van der Waals surface area contributed by atoms with Crippen LogP contribution in [0.3, 0.4) is 0 Å². The van der Waals surface area contributed by atoms with Gasteiger partial charge in [0.05, 0.1) is 12.1 Å². The molecule has 1 amide bonds. The summed E-state index contributed by atoms with van der Waals surface area (Å²) in [7, 11) is 1.65. The SMILES string of the molecule is COc1cc([C@@H]2CC(=O)Nc3sc4c(c32)CCCC4)ccc1OCc1ccc(Cl)cc1. The molecule has 1 atom stereocenters. The summed E-state index contributed by atoms with van der Waals surface area (Å²) in [5.41, 5.74) is 4.90. The normalized spacial score (nSPS) is 17.5. The summed E-state index contributed by atoms with van der Waals surface area (Å²) in [6, 6.07) is 13.7. The van der Waals surface area contributed by atoms with E-state index in [0.717, 1.165) is 29.0 Å². The molecule has 1 aromatic heterocycles. The molecule has 6 heteroatoms. The number of rotatable bonds is 5. The summed E-state index contributed by atoms with van der Waals surface area (Å²) in [6.07, 6.45) is 5.14. The third-order valence-corrected chi connectivity index (χ3v) is 7.58. The highest BCUT2D eigenvalue weighted by atomic mass is 35.5. The molecule has 1 aliphatic carbocycles. The third-order valence-electron chi connectivity index (χ3n) is 6.10. The number of hydrogen-bond donors (Lipinski definition) is 1. The number of ether oxygens (including phenoxy) is 2. The number of halogens is 1. The number of anilines is 1. The first-order valence-corrected chi connectivity index (χ1v) is 11.8. The second kappa shape index (κ2) is 8.56. The number of carbonyl (C=O) groups is 1. The van der Waals surface area contributed by atoms with Crippen molar-refractivity contribution in [2.45, 2.75) is 44.6 Å². The lowest BCUT2D eigenvalue weighted by atomic mass is 9.82. The van der Waals surface area contributed by atoms with E-state index in [0.29, 0.717) is 29.5 Å². The molecule has 31 heavy (non-hydrogen) atoms. The quantitative estimate of drug-likeness (QED) is 0.490. The summed E-state index contributed by atoms with van der Waals surface area (Å²) in [6.45, 7) is 0.431. The number of fused-ring (bicyclic) bond motifs is 3. The summed E-state index contributed by atoms with van der Waals surface area (Å²) in [5, 5.41) is 4.86. The fraction of sp³-hybridized carbons (Fsp3) is 0.320. The Morgan fingerprint density at radius 1 is 1.10 bits per heavy atom. The highest BCUT2D eigenvalue weighted by Crippen LogP contribution is 2.48. The van der Waals surface area contributed by atoms with Crippen molar-refractivity contribution in [3.8, 4) is 11.5 Å². The van der Waals surface area contributed by atoms with Gasteiger partial charge in [0.1, 0.15) is 6.61 Å². The van der Waals surface area contributed by atoms with Crippen molar-refractivity contribution < 1.29 is 14.3 Å². The molecule has 2 heterocycles. The zero-order chi connectivity index (χ0) is 21.4. The molecule has 3 aromatic rings. The average Bonchev–Trinajstić information content (AvgIpc) is 3.16. The van der Waals surface area contributed by atoms with E-state index in [-0.39, 0.29) is 11.8 Å². The molecule has 0 unspecified atom stereocenters. The highest BCUT2D eigenvalue weighted by molar-refractivity contribution is 7.16. The molecular formula is C25H24ClNO3S. The van der Waals surface area contributed by atoms with Crippen LogP contribution in [-0.2, 0) is 24.2 Å². The fourth-order valence-electron chi connectivity index (χ4n) is 4.56. The van der Waals surface area contributed by atoms with Crippen molar-refractivity contribution in [2.24, 2.45) is 0 Å². The molecule has 0 saturated carbocycles. The minimum atomic E-state index is 0.0565. The minimum absolute atomic E-state index is 0.0565. The van der Waals surface area contributed by atoms with E-state index in [9.17, 15) is 4.79 Å². The van der Waals surface area contributed by atoms with E-state index >= 15 is 0 Å². The highest BCUT2D eigenvalue weighted by Gasteiger charge is 2.33. The van der Waals surface area contributed by atoms with Gasteiger partial charge < -0.3 is 14.8 Å². The van der Waals surface area contributed by atoms with Gasteiger partial charge in [0, 0.05) is 22.2 Å². The van der Waals surface area contributed by atoms with Gasteiger partial charge in [-0.3, -0.25) is 4.79 Å². The van der Waals surface area contributed by atoms with Gasteiger partial charge >= 0.3 is 0 Å². The molecule has 5 rings (SSSR count). The molecule has 0 bridgehead atoms. The molecule has 1 N–H and O–H groups in total. The second-order valence-corrected chi connectivity index (χ2v) is 9.63. The number of benzene rings is 2. The predicted octanol–water partition coefficient (Wildman–Crippen LogP) is 6.34. The Bertz CT molecular complexity index is 1120. The van der Waals surface area contributed by atoms with Crippen LogP contribution in [0.1, 0.15) is 52.3 Å². The molecule has 0 saturated heterocycles. The lowest BCUT2D eigenvalue weighted by Gasteiger charge is -2.26. The molecule has 4 nitrogen and oxygen atoms in total. The van der Waals surface area contributed by atoms with Crippen LogP contribution >= 0.6 is 22.9 Å². The zero-order valence-electron chi connectivity index (χ0n) is 17.4. The Morgan fingerprint density at radius 2 is 1.90 bits per heavy atom. The van der Waals surface area contributed by atoms with Gasteiger partial charge in [-0.1, -0.05) is 29.8 Å². The Balaban J connectivity index is 1.44. The lowest BCUT2D eigenvalue weighted by Crippen LogP contribution is -2.23. The van der Waals surface area contributed by atoms with Gasteiger partial charge in [-0.15, -0.1) is 11.3 Å². The largest absolute Gasteiger partial charge is 0.493 e. The maximum absolute atomic E-state index is 12.5. The summed E-state index contributed by atoms with van der Waals surface area (Å²) >= 11 is 7.72. The van der Waals surface area contributed by atoms with Crippen molar-refractivity contribution in [3.05, 3.63) is 74.6 Å².